The molecule has 2 aliphatic carbocycles. The third-order valence-corrected chi connectivity index (χ3v) is 8.25. The van der Waals surface area contributed by atoms with Crippen molar-refractivity contribution >= 4 is 21.9 Å². The van der Waals surface area contributed by atoms with Crippen LogP contribution < -0.4 is 10.0 Å². The van der Waals surface area contributed by atoms with Gasteiger partial charge in [0.2, 0.25) is 0 Å². The van der Waals surface area contributed by atoms with Crippen molar-refractivity contribution in [2.45, 2.75) is 70.9 Å². The van der Waals surface area contributed by atoms with Gasteiger partial charge in [-0.25, -0.2) is 9.52 Å². The molecule has 1 aromatic rings. The predicted octanol–water partition coefficient (Wildman–Crippen LogP) is 2.44. The topological polar surface area (TPSA) is 81.8 Å². The number of benzene rings is 1. The number of urea groups is 1. The highest BCUT2D eigenvalue weighted by atomic mass is 32.2. The quantitative estimate of drug-likeness (QED) is 0.767. The Morgan fingerprint density at radius 2 is 1.76 bits per heavy atom. The third-order valence-electron chi connectivity index (χ3n) is 6.75. The fraction of sp³-hybridized carbons (Fsp3) is 0.667. The summed E-state index contributed by atoms with van der Waals surface area (Å²) in [5.41, 5.74) is 5.85. The summed E-state index contributed by atoms with van der Waals surface area (Å²) in [5.74, 6) is 0. The number of likely N-dealkylation sites (N-methyl/N-ethyl adjacent to an activating group) is 1. The lowest BCUT2D eigenvalue weighted by Crippen LogP contribution is -2.48. The second-order valence-electron chi connectivity index (χ2n) is 8.84. The lowest BCUT2D eigenvalue weighted by Gasteiger charge is -2.26. The number of likely N-dealkylation sites (tertiary alicyclic amines) is 1. The van der Waals surface area contributed by atoms with Crippen LogP contribution in [0.4, 0.5) is 10.5 Å². The van der Waals surface area contributed by atoms with Crippen LogP contribution in [-0.4, -0.2) is 55.9 Å². The van der Waals surface area contributed by atoms with E-state index in [-0.39, 0.29) is 6.04 Å². The van der Waals surface area contributed by atoms with Crippen LogP contribution in [0.2, 0.25) is 0 Å². The van der Waals surface area contributed by atoms with Crippen molar-refractivity contribution in [1.82, 2.24) is 13.9 Å². The Balaban J connectivity index is 1.46. The van der Waals surface area contributed by atoms with Crippen molar-refractivity contribution in [1.29, 1.82) is 0 Å². The van der Waals surface area contributed by atoms with E-state index >= 15 is 0 Å². The number of anilines is 1. The lowest BCUT2D eigenvalue weighted by molar-refractivity contribution is 0.251. The van der Waals surface area contributed by atoms with Gasteiger partial charge in [0.15, 0.2) is 0 Å². The van der Waals surface area contributed by atoms with Gasteiger partial charge in [0.05, 0.1) is 0 Å². The molecule has 1 saturated heterocycles. The zero-order chi connectivity index (χ0) is 20.8. The molecular formula is C21H32N4O3S. The summed E-state index contributed by atoms with van der Waals surface area (Å²) in [6.07, 6.45) is 6.90. The molecule has 2 amide bonds. The second kappa shape index (κ2) is 7.89. The van der Waals surface area contributed by atoms with Crippen LogP contribution in [0, 0.1) is 0 Å². The molecule has 160 valence electrons. The van der Waals surface area contributed by atoms with E-state index in [9.17, 15) is 13.2 Å². The Hall–Kier alpha value is -1.64. The largest absolute Gasteiger partial charge is 0.333 e. The molecule has 0 radical (unpaired) electrons. The van der Waals surface area contributed by atoms with E-state index in [1.54, 1.807) is 7.05 Å². The molecule has 0 aromatic heterocycles. The Morgan fingerprint density at radius 3 is 2.31 bits per heavy atom. The average molecular weight is 421 g/mol. The van der Waals surface area contributed by atoms with E-state index < -0.39 is 16.2 Å². The van der Waals surface area contributed by atoms with Gasteiger partial charge in [-0.3, -0.25) is 4.90 Å². The number of fused-ring (bicyclic) bond motifs is 2. The molecule has 1 aromatic carbocycles. The summed E-state index contributed by atoms with van der Waals surface area (Å²) in [7, 11) is -2.34. The average Bonchev–Trinajstić information content (AvgIpc) is 3.40. The van der Waals surface area contributed by atoms with E-state index in [1.807, 2.05) is 0 Å². The van der Waals surface area contributed by atoms with Gasteiger partial charge >= 0.3 is 16.2 Å². The maximum Gasteiger partial charge on any atom is 0.333 e. The molecular weight excluding hydrogens is 388 g/mol. The van der Waals surface area contributed by atoms with Gasteiger partial charge in [0, 0.05) is 37.9 Å². The van der Waals surface area contributed by atoms with E-state index in [0.717, 1.165) is 57.2 Å². The normalized spacial score (nSPS) is 21.6. The minimum absolute atomic E-state index is 0.118. The number of nitrogens with one attached hydrogen (secondary N) is 2. The van der Waals surface area contributed by atoms with Gasteiger partial charge in [-0.05, 0) is 81.0 Å². The summed E-state index contributed by atoms with van der Waals surface area (Å²) in [4.78, 5) is 14.9. The fourth-order valence-electron chi connectivity index (χ4n) is 5.03. The Kier molecular flexibility index (Phi) is 5.61. The van der Waals surface area contributed by atoms with Crippen LogP contribution in [0.3, 0.4) is 0 Å². The highest BCUT2D eigenvalue weighted by Gasteiger charge is 2.34. The molecule has 1 aliphatic heterocycles. The zero-order valence-corrected chi connectivity index (χ0v) is 18.4. The molecule has 29 heavy (non-hydrogen) atoms. The van der Waals surface area contributed by atoms with Gasteiger partial charge in [-0.2, -0.15) is 12.7 Å². The van der Waals surface area contributed by atoms with E-state index in [1.165, 1.54) is 26.6 Å². The Morgan fingerprint density at radius 1 is 1.14 bits per heavy atom. The van der Waals surface area contributed by atoms with Crippen LogP contribution in [0.5, 0.6) is 0 Å². The summed E-state index contributed by atoms with van der Waals surface area (Å²) < 4.78 is 29.1. The first-order chi connectivity index (χ1) is 13.8. The van der Waals surface area contributed by atoms with Crippen molar-refractivity contribution in [2.75, 3.05) is 25.5 Å². The summed E-state index contributed by atoms with van der Waals surface area (Å²) in [5, 5.41) is 2.90. The maximum atomic E-state index is 12.8. The van der Waals surface area contributed by atoms with Gasteiger partial charge < -0.3 is 5.32 Å². The molecule has 1 unspecified atom stereocenters. The van der Waals surface area contributed by atoms with Crippen molar-refractivity contribution in [3.05, 3.63) is 28.3 Å². The first-order valence-electron chi connectivity index (χ1n) is 10.7. The van der Waals surface area contributed by atoms with Crippen molar-refractivity contribution in [3.63, 3.8) is 0 Å². The first kappa shape index (κ1) is 20.6. The molecule has 2 N–H and O–H groups in total. The molecule has 1 fully saturated rings. The number of carbonyl (C=O) groups is 1. The summed E-state index contributed by atoms with van der Waals surface area (Å²) in [6, 6.07) is 1.89. The fourth-order valence-corrected chi connectivity index (χ4v) is 6.02. The predicted molar refractivity (Wildman–Crippen MR) is 114 cm³/mol. The number of amides is 2. The highest BCUT2D eigenvalue weighted by Crippen LogP contribution is 2.38. The van der Waals surface area contributed by atoms with Crippen LogP contribution in [-0.2, 0) is 35.9 Å². The van der Waals surface area contributed by atoms with Crippen LogP contribution in [0.15, 0.2) is 6.07 Å². The zero-order valence-electron chi connectivity index (χ0n) is 17.6. The molecule has 0 saturated carbocycles. The Bertz CT molecular complexity index is 881. The number of carbonyl (C=O) groups excluding carboxylic acids is 1. The van der Waals surface area contributed by atoms with Crippen LogP contribution >= 0.6 is 0 Å². The monoisotopic (exact) mass is 420 g/mol. The molecule has 8 heteroatoms. The summed E-state index contributed by atoms with van der Waals surface area (Å²) in [6.45, 7) is 5.78. The smallest absolute Gasteiger partial charge is 0.307 e. The number of hydrogen-bond acceptors (Lipinski definition) is 4. The molecule has 3 aliphatic rings. The number of aryl methyl sites for hydroxylation is 2. The number of hydrogen-bond donors (Lipinski definition) is 2. The van der Waals surface area contributed by atoms with Gasteiger partial charge in [-0.1, -0.05) is 6.07 Å². The molecule has 1 atom stereocenters. The Labute approximate surface area is 174 Å². The minimum atomic E-state index is -3.90. The second-order valence-corrected chi connectivity index (χ2v) is 10.6. The standard InChI is InChI=1S/C21H32N4O3S/c1-14(2)25-11-10-17(13-25)24(3)29(27,28)23-21(26)22-20-18-8-4-6-15(18)12-16-7-5-9-19(16)20/h12,14,17H,4-11,13H2,1-3H3,(H2,22,23,26). The van der Waals surface area contributed by atoms with Crippen molar-refractivity contribution < 1.29 is 13.2 Å². The van der Waals surface area contributed by atoms with E-state index in [0.29, 0.717) is 12.6 Å². The number of rotatable bonds is 5. The third kappa shape index (κ3) is 4.02. The van der Waals surface area contributed by atoms with Gasteiger partial charge in [0.25, 0.3) is 0 Å². The molecule has 1 heterocycles. The van der Waals surface area contributed by atoms with Crippen LogP contribution in [0.25, 0.3) is 0 Å². The molecule has 0 spiro atoms. The first-order valence-corrected chi connectivity index (χ1v) is 12.2. The van der Waals surface area contributed by atoms with E-state index in [4.69, 9.17) is 0 Å². The van der Waals surface area contributed by atoms with Gasteiger partial charge in [0.1, 0.15) is 0 Å². The maximum absolute atomic E-state index is 12.8. The highest BCUT2D eigenvalue weighted by molar-refractivity contribution is 7.87. The van der Waals surface area contributed by atoms with Crippen molar-refractivity contribution in [3.8, 4) is 0 Å². The minimum Gasteiger partial charge on any atom is -0.307 e. The number of nitrogens with zero attached hydrogens (tertiary/aromatic N) is 2. The van der Waals surface area contributed by atoms with Gasteiger partial charge in [-0.15, -0.1) is 0 Å². The lowest BCUT2D eigenvalue weighted by atomic mass is 9.99. The molecule has 0 bridgehead atoms. The summed E-state index contributed by atoms with van der Waals surface area (Å²) >= 11 is 0. The SMILES string of the molecule is CC(C)N1CCC(N(C)S(=O)(=O)NC(=O)Nc2c3c(cc4c2CCC4)CCC3)C1. The van der Waals surface area contributed by atoms with Crippen LogP contribution in [0.1, 0.15) is 55.4 Å². The molecule has 7 nitrogen and oxygen atoms in total. The van der Waals surface area contributed by atoms with Crippen molar-refractivity contribution in [2.24, 2.45) is 0 Å². The van der Waals surface area contributed by atoms with E-state index in [2.05, 4.69) is 34.9 Å². The molecule has 4 rings (SSSR count).